The highest BCUT2D eigenvalue weighted by atomic mass is 33.2. The van der Waals surface area contributed by atoms with Crippen molar-refractivity contribution in [2.45, 2.75) is 16.2 Å². The van der Waals surface area contributed by atoms with Crippen molar-refractivity contribution in [3.63, 3.8) is 0 Å². The lowest BCUT2D eigenvalue weighted by Gasteiger charge is -2.21. The van der Waals surface area contributed by atoms with Crippen molar-refractivity contribution in [3.8, 4) is 0 Å². The Balaban J connectivity index is 1.55. The number of carbonyl (C=O) groups is 2. The van der Waals surface area contributed by atoms with Gasteiger partial charge in [0.2, 0.25) is 5.91 Å². The summed E-state index contributed by atoms with van der Waals surface area (Å²) in [6, 6.07) is 28.4. The zero-order valence-corrected chi connectivity index (χ0v) is 23.2. The number of thioether (sulfide) groups is 1. The minimum atomic E-state index is -2.05. The largest absolute Gasteiger partial charge is 0.462 e. The molecular formula is C26H26NO3PS4. The van der Waals surface area contributed by atoms with Crippen molar-refractivity contribution >= 4 is 73.6 Å². The van der Waals surface area contributed by atoms with Gasteiger partial charge in [0.25, 0.3) is 0 Å². The zero-order chi connectivity index (χ0) is 24.9. The number of carbonyl (C=O) groups excluding carboxylic acids is 2. The third-order valence-corrected chi connectivity index (χ3v) is 15.1. The minimum Gasteiger partial charge on any atom is -0.462 e. The van der Waals surface area contributed by atoms with Gasteiger partial charge < -0.3 is 10.1 Å². The third-order valence-electron chi connectivity index (χ3n) is 4.52. The quantitative estimate of drug-likeness (QED) is 0.105. The normalized spacial score (nSPS) is 12.3. The first-order valence-electron chi connectivity index (χ1n) is 10.9. The minimum absolute atomic E-state index is 0.0463. The molecule has 182 valence electrons. The lowest BCUT2D eigenvalue weighted by Crippen LogP contribution is -2.12. The van der Waals surface area contributed by atoms with E-state index in [4.69, 9.17) is 16.5 Å². The molecule has 9 heteroatoms. The molecule has 0 fully saturated rings. The Bertz CT molecular complexity index is 1160. The Morgan fingerprint density at radius 3 is 2.11 bits per heavy atom. The molecule has 3 aromatic rings. The third kappa shape index (κ3) is 9.54. The lowest BCUT2D eigenvalue weighted by molar-refractivity contribution is -0.137. The first-order chi connectivity index (χ1) is 17.0. The van der Waals surface area contributed by atoms with Crippen molar-refractivity contribution in [1.29, 1.82) is 0 Å². The van der Waals surface area contributed by atoms with Gasteiger partial charge in [0.1, 0.15) is 6.61 Å². The topological polar surface area (TPSA) is 55.4 Å². The van der Waals surface area contributed by atoms with E-state index in [2.05, 4.69) is 36.2 Å². The van der Waals surface area contributed by atoms with Gasteiger partial charge >= 0.3 is 5.97 Å². The number of esters is 1. The molecule has 0 aromatic heterocycles. The van der Waals surface area contributed by atoms with Crippen LogP contribution in [0.3, 0.4) is 0 Å². The van der Waals surface area contributed by atoms with Gasteiger partial charge in [0.15, 0.2) is 0 Å². The van der Waals surface area contributed by atoms with Gasteiger partial charge in [-0.15, -0.1) is 0 Å². The molecule has 0 aliphatic heterocycles. The van der Waals surface area contributed by atoms with E-state index in [-0.39, 0.29) is 5.91 Å². The summed E-state index contributed by atoms with van der Waals surface area (Å²) in [6.45, 7) is 3.67. The number of anilines is 1. The van der Waals surface area contributed by atoms with Gasteiger partial charge in [0, 0.05) is 44.8 Å². The predicted molar refractivity (Wildman–Crippen MR) is 157 cm³/mol. The van der Waals surface area contributed by atoms with Crippen LogP contribution in [0.2, 0.25) is 0 Å². The number of hydrogen-bond donors (Lipinski definition) is 1. The fourth-order valence-electron chi connectivity index (χ4n) is 2.84. The Kier molecular flexibility index (Phi) is 11.5. The number of hydrogen-bond acceptors (Lipinski definition) is 7. The maximum absolute atomic E-state index is 12.3. The second-order valence-corrected chi connectivity index (χ2v) is 19.3. The van der Waals surface area contributed by atoms with Crippen LogP contribution in [0.25, 0.3) is 0 Å². The molecule has 1 unspecified atom stereocenters. The smallest absolute Gasteiger partial charge is 0.330 e. The van der Waals surface area contributed by atoms with E-state index in [9.17, 15) is 9.59 Å². The SMILES string of the molecule is C=CC(=O)OCCSCCC(=O)Nc1ccc(SP(=S)(Sc2ccccc2)c2ccccc2)cc1. The van der Waals surface area contributed by atoms with E-state index in [0.29, 0.717) is 24.5 Å². The van der Waals surface area contributed by atoms with Gasteiger partial charge in [-0.25, -0.2) is 4.79 Å². The average molecular weight is 560 g/mol. The lowest BCUT2D eigenvalue weighted by atomic mass is 10.3. The van der Waals surface area contributed by atoms with Gasteiger partial charge in [0.05, 0.1) is 4.44 Å². The fraction of sp³-hybridized carbons (Fsp3) is 0.154. The molecule has 0 aliphatic carbocycles. The van der Waals surface area contributed by atoms with Gasteiger partial charge in [-0.05, 0) is 36.4 Å². The van der Waals surface area contributed by atoms with Crippen LogP contribution in [0.15, 0.2) is 107 Å². The first-order valence-corrected chi connectivity index (χ1v) is 17.7. The summed E-state index contributed by atoms with van der Waals surface area (Å²) in [7, 11) is 0. The summed E-state index contributed by atoms with van der Waals surface area (Å²) >= 11 is 11.3. The second-order valence-electron chi connectivity index (χ2n) is 7.14. The van der Waals surface area contributed by atoms with Crippen LogP contribution in [0, 0.1) is 0 Å². The van der Waals surface area contributed by atoms with Gasteiger partial charge in [-0.1, -0.05) is 89.7 Å². The van der Waals surface area contributed by atoms with E-state index < -0.39 is 10.4 Å². The molecule has 0 saturated carbocycles. The maximum atomic E-state index is 12.3. The molecule has 35 heavy (non-hydrogen) atoms. The molecular weight excluding hydrogens is 534 g/mol. The van der Waals surface area contributed by atoms with Crippen LogP contribution in [-0.2, 0) is 26.1 Å². The Morgan fingerprint density at radius 1 is 0.886 bits per heavy atom. The molecule has 4 nitrogen and oxygen atoms in total. The number of ether oxygens (including phenoxy) is 1. The number of nitrogens with one attached hydrogen (secondary N) is 1. The van der Waals surface area contributed by atoms with E-state index in [0.717, 1.165) is 21.6 Å². The van der Waals surface area contributed by atoms with Crippen LogP contribution >= 0.6 is 39.0 Å². The number of benzene rings is 3. The summed E-state index contributed by atoms with van der Waals surface area (Å²) in [4.78, 5) is 25.5. The zero-order valence-electron chi connectivity index (χ0n) is 19.0. The van der Waals surface area contributed by atoms with Crippen molar-refractivity contribution in [3.05, 3.63) is 97.6 Å². The summed E-state index contributed by atoms with van der Waals surface area (Å²) in [6.07, 6.45) is 1.53. The molecule has 1 atom stereocenters. The summed E-state index contributed by atoms with van der Waals surface area (Å²) in [5.41, 5.74) is 0.757. The molecule has 3 aromatic carbocycles. The van der Waals surface area contributed by atoms with Crippen LogP contribution < -0.4 is 10.6 Å². The Labute approximate surface area is 224 Å². The molecule has 1 N–H and O–H groups in total. The second kappa shape index (κ2) is 14.6. The molecule has 1 amide bonds. The van der Waals surface area contributed by atoms with Crippen LogP contribution in [-0.4, -0.2) is 30.0 Å². The Morgan fingerprint density at radius 2 is 1.49 bits per heavy atom. The van der Waals surface area contributed by atoms with Crippen molar-refractivity contribution in [2.75, 3.05) is 23.4 Å². The van der Waals surface area contributed by atoms with Crippen LogP contribution in [0.4, 0.5) is 5.69 Å². The van der Waals surface area contributed by atoms with Crippen molar-refractivity contribution in [1.82, 2.24) is 0 Å². The van der Waals surface area contributed by atoms with Gasteiger partial charge in [-0.3, -0.25) is 4.79 Å². The molecule has 0 saturated heterocycles. The molecule has 0 heterocycles. The predicted octanol–water partition coefficient (Wildman–Crippen LogP) is 7.00. The fourth-order valence-corrected chi connectivity index (χ4v) is 13.1. The highest BCUT2D eigenvalue weighted by Gasteiger charge is 2.23. The van der Waals surface area contributed by atoms with E-state index in [1.54, 1.807) is 34.5 Å². The monoisotopic (exact) mass is 559 g/mol. The van der Waals surface area contributed by atoms with Gasteiger partial charge in [-0.2, -0.15) is 11.8 Å². The average Bonchev–Trinajstić information content (AvgIpc) is 2.88. The highest BCUT2D eigenvalue weighted by Crippen LogP contribution is 2.72. The Hall–Kier alpha value is -1.96. The van der Waals surface area contributed by atoms with Crippen molar-refractivity contribution in [2.24, 2.45) is 0 Å². The highest BCUT2D eigenvalue weighted by molar-refractivity contribution is 9.02. The standard InChI is InChI=1S/C26H26NO3PS4/c1-2-26(29)30-18-20-33-19-17-25(28)27-21-13-15-24(16-14-21)35-31(32,22-9-5-3-6-10-22)34-23-11-7-4-8-12-23/h2-16H,1,17-20H2,(H,27,28). The summed E-state index contributed by atoms with van der Waals surface area (Å²) < 4.78 is 2.86. The van der Waals surface area contributed by atoms with E-state index in [1.165, 1.54) is 5.30 Å². The molecule has 3 rings (SSSR count). The number of amides is 1. The summed E-state index contributed by atoms with van der Waals surface area (Å²) in [5, 5.41) is 4.11. The first kappa shape index (κ1) is 27.6. The van der Waals surface area contributed by atoms with Crippen molar-refractivity contribution < 1.29 is 14.3 Å². The summed E-state index contributed by atoms with van der Waals surface area (Å²) in [5.74, 6) is 0.827. The molecule has 0 radical (unpaired) electrons. The molecule has 0 bridgehead atoms. The molecule has 0 aliphatic rings. The number of rotatable bonds is 13. The van der Waals surface area contributed by atoms with Crippen LogP contribution in [0.1, 0.15) is 6.42 Å². The molecule has 0 spiro atoms. The maximum Gasteiger partial charge on any atom is 0.330 e. The van der Waals surface area contributed by atoms with E-state index in [1.807, 2.05) is 60.7 Å². The van der Waals surface area contributed by atoms with Crippen LogP contribution in [0.5, 0.6) is 0 Å². The van der Waals surface area contributed by atoms with E-state index >= 15 is 0 Å².